The lowest BCUT2D eigenvalue weighted by Gasteiger charge is -2.26. The highest BCUT2D eigenvalue weighted by Crippen LogP contribution is 2.18. The Morgan fingerprint density at radius 3 is 1.05 bits per heavy atom. The summed E-state index contributed by atoms with van der Waals surface area (Å²) in [5, 5.41) is 11.8. The topological polar surface area (TPSA) is 111 Å². The van der Waals surface area contributed by atoms with Crippen molar-refractivity contribution in [2.75, 3.05) is 47.5 Å². The van der Waals surface area contributed by atoms with Crippen LogP contribution in [0.4, 0.5) is 0 Å². The summed E-state index contributed by atoms with van der Waals surface area (Å²) in [6.45, 7) is 4.79. The van der Waals surface area contributed by atoms with E-state index in [-0.39, 0.29) is 32.2 Å². The molecule has 0 radical (unpaired) electrons. The van der Waals surface area contributed by atoms with Crippen LogP contribution in [-0.4, -0.2) is 82.3 Å². The predicted octanol–water partition coefficient (Wildman–Crippen LogP) is 18.3. The van der Waals surface area contributed by atoms with E-state index in [0.717, 1.165) is 51.4 Å². The third-order valence-corrected chi connectivity index (χ3v) is 14.6. The number of quaternary nitrogens is 1. The number of likely N-dealkylation sites (N-methyl/N-ethyl adjacent to an activating group) is 1. The smallest absolute Gasteiger partial charge is 0.306 e. The molecule has 0 fully saturated rings. The summed E-state index contributed by atoms with van der Waals surface area (Å²) in [5.74, 6) is -2.26. The average Bonchev–Trinajstić information content (AvgIpc) is 3.39. The molecule has 2 unspecified atom stereocenters. The number of carbonyl (C=O) groups is 3. The van der Waals surface area contributed by atoms with Crippen molar-refractivity contribution in [2.45, 2.75) is 328 Å². The Morgan fingerprint density at radius 1 is 0.395 bits per heavy atom. The summed E-state index contributed by atoms with van der Waals surface area (Å²) in [6, 6.07) is 0. The largest absolute Gasteiger partial charge is 0.545 e. The Bertz CT molecular complexity index is 1340. The van der Waals surface area contributed by atoms with Crippen LogP contribution in [0.5, 0.6) is 0 Å². The van der Waals surface area contributed by atoms with Crippen LogP contribution in [0.25, 0.3) is 0 Å². The second kappa shape index (κ2) is 58.7. The number of aliphatic carboxylic acids is 1. The van der Waals surface area contributed by atoms with Crippen LogP contribution < -0.4 is 5.11 Å². The molecular formula is C67H125NO8. The van der Waals surface area contributed by atoms with Crippen LogP contribution in [0.15, 0.2) is 36.5 Å². The maximum absolute atomic E-state index is 12.9. The molecule has 0 aromatic rings. The Hall–Kier alpha value is -2.49. The van der Waals surface area contributed by atoms with Gasteiger partial charge in [0.15, 0.2) is 12.4 Å². The fourth-order valence-electron chi connectivity index (χ4n) is 9.61. The standard InChI is InChI=1S/C67H125NO8/c1-6-8-10-12-14-16-18-20-22-24-26-28-30-32-33-34-36-38-40-42-44-46-48-50-52-54-56-58-65(70)76-63(62-75-67(66(71)72)73-60-59-68(3,4)5)61-74-64(69)57-55-53-51-49-47-45-43-41-39-37-35-31-29-27-25-23-21-19-17-15-13-11-9-7-2/h18,20,24,26,30,32,63,67H,6-17,19,21-23,25,27-29,31,33-62H2,1-5H3/b20-18-,26-24-,32-30-. The number of ether oxygens (including phenoxy) is 4. The number of carbonyl (C=O) groups excluding carboxylic acids is 3. The zero-order valence-corrected chi connectivity index (χ0v) is 50.9. The van der Waals surface area contributed by atoms with E-state index < -0.39 is 24.3 Å². The molecule has 0 saturated heterocycles. The first-order chi connectivity index (χ1) is 37.1. The van der Waals surface area contributed by atoms with Crippen LogP contribution in [0.3, 0.4) is 0 Å². The number of allylic oxidation sites excluding steroid dienone is 6. The molecule has 0 aromatic carbocycles. The summed E-state index contributed by atoms with van der Waals surface area (Å²) in [4.78, 5) is 37.4. The number of rotatable bonds is 61. The lowest BCUT2D eigenvalue weighted by molar-refractivity contribution is -0.870. The molecule has 0 saturated carbocycles. The second-order valence-electron chi connectivity index (χ2n) is 23.4. The second-order valence-corrected chi connectivity index (χ2v) is 23.4. The van der Waals surface area contributed by atoms with Crippen LogP contribution in [0.2, 0.25) is 0 Å². The molecule has 0 aliphatic heterocycles. The molecule has 0 rings (SSSR count). The van der Waals surface area contributed by atoms with Gasteiger partial charge in [0.1, 0.15) is 13.2 Å². The van der Waals surface area contributed by atoms with E-state index in [4.69, 9.17) is 18.9 Å². The number of carboxylic acid groups (broad SMARTS) is 1. The van der Waals surface area contributed by atoms with Crippen molar-refractivity contribution in [1.82, 2.24) is 0 Å². The molecular weight excluding hydrogens is 947 g/mol. The number of unbranched alkanes of at least 4 members (excludes halogenated alkanes) is 40. The van der Waals surface area contributed by atoms with E-state index in [1.807, 2.05) is 21.1 Å². The Labute approximate surface area is 470 Å². The van der Waals surface area contributed by atoms with Gasteiger partial charge in [-0.1, -0.05) is 288 Å². The highest BCUT2D eigenvalue weighted by atomic mass is 16.7. The van der Waals surface area contributed by atoms with Gasteiger partial charge in [-0.25, -0.2) is 0 Å². The van der Waals surface area contributed by atoms with Crippen LogP contribution in [0, 0.1) is 0 Å². The first-order valence-corrected chi connectivity index (χ1v) is 32.6. The molecule has 0 aliphatic rings. The van der Waals surface area contributed by atoms with Gasteiger partial charge < -0.3 is 33.3 Å². The molecule has 76 heavy (non-hydrogen) atoms. The van der Waals surface area contributed by atoms with Gasteiger partial charge in [-0.05, 0) is 51.4 Å². The molecule has 0 N–H and O–H groups in total. The number of esters is 2. The van der Waals surface area contributed by atoms with Gasteiger partial charge >= 0.3 is 11.9 Å². The Morgan fingerprint density at radius 2 is 0.711 bits per heavy atom. The van der Waals surface area contributed by atoms with E-state index >= 15 is 0 Å². The van der Waals surface area contributed by atoms with E-state index in [1.165, 1.54) is 231 Å². The quantitative estimate of drug-likeness (QED) is 0.0195. The minimum atomic E-state index is -1.62. The van der Waals surface area contributed by atoms with Crippen LogP contribution in [-0.2, 0) is 33.3 Å². The van der Waals surface area contributed by atoms with Crippen LogP contribution >= 0.6 is 0 Å². The molecule has 0 aromatic heterocycles. The summed E-state index contributed by atoms with van der Waals surface area (Å²) < 4.78 is 22.8. The fraction of sp³-hybridized carbons (Fsp3) is 0.866. The van der Waals surface area contributed by atoms with Gasteiger partial charge in [0.2, 0.25) is 0 Å². The predicted molar refractivity (Wildman–Crippen MR) is 320 cm³/mol. The van der Waals surface area contributed by atoms with E-state index in [9.17, 15) is 19.5 Å². The number of hydrogen-bond acceptors (Lipinski definition) is 8. The minimum Gasteiger partial charge on any atom is -0.545 e. The van der Waals surface area contributed by atoms with Crippen molar-refractivity contribution in [3.8, 4) is 0 Å². The Kier molecular flexibility index (Phi) is 56.7. The van der Waals surface area contributed by atoms with Crippen LogP contribution in [0.1, 0.15) is 316 Å². The normalized spacial score (nSPS) is 12.9. The lowest BCUT2D eigenvalue weighted by atomic mass is 10.0. The summed E-state index contributed by atoms with van der Waals surface area (Å²) in [7, 11) is 5.94. The minimum absolute atomic E-state index is 0.149. The van der Waals surface area contributed by atoms with E-state index in [0.29, 0.717) is 23.9 Å². The maximum Gasteiger partial charge on any atom is 0.306 e. The molecule has 0 spiro atoms. The highest BCUT2D eigenvalue weighted by molar-refractivity contribution is 5.70. The summed E-state index contributed by atoms with van der Waals surface area (Å²) >= 11 is 0. The van der Waals surface area contributed by atoms with Crippen molar-refractivity contribution in [2.24, 2.45) is 0 Å². The van der Waals surface area contributed by atoms with Crippen molar-refractivity contribution >= 4 is 17.9 Å². The van der Waals surface area contributed by atoms with Gasteiger partial charge in [0.05, 0.1) is 40.3 Å². The van der Waals surface area contributed by atoms with E-state index in [2.05, 4.69) is 50.3 Å². The average molecular weight is 1070 g/mol. The molecule has 0 bridgehead atoms. The molecule has 9 heteroatoms. The monoisotopic (exact) mass is 1070 g/mol. The van der Waals surface area contributed by atoms with Crippen molar-refractivity contribution in [3.63, 3.8) is 0 Å². The fourth-order valence-corrected chi connectivity index (χ4v) is 9.61. The maximum atomic E-state index is 12.9. The third kappa shape index (κ3) is 59.2. The molecule has 0 aliphatic carbocycles. The summed E-state index contributed by atoms with van der Waals surface area (Å²) in [6.07, 6.45) is 69.2. The molecule has 9 nitrogen and oxygen atoms in total. The van der Waals surface area contributed by atoms with Crippen molar-refractivity contribution in [3.05, 3.63) is 36.5 Å². The zero-order chi connectivity index (χ0) is 55.5. The third-order valence-electron chi connectivity index (χ3n) is 14.6. The van der Waals surface area contributed by atoms with Crippen molar-refractivity contribution in [1.29, 1.82) is 0 Å². The highest BCUT2D eigenvalue weighted by Gasteiger charge is 2.22. The van der Waals surface area contributed by atoms with Gasteiger partial charge in [-0.2, -0.15) is 0 Å². The van der Waals surface area contributed by atoms with E-state index in [1.54, 1.807) is 0 Å². The lowest BCUT2D eigenvalue weighted by Crippen LogP contribution is -2.44. The molecule has 2 atom stereocenters. The summed E-state index contributed by atoms with van der Waals surface area (Å²) in [5.41, 5.74) is 0. The van der Waals surface area contributed by atoms with Gasteiger partial charge in [-0.15, -0.1) is 0 Å². The first-order valence-electron chi connectivity index (χ1n) is 32.6. The number of hydrogen-bond donors (Lipinski definition) is 0. The molecule has 446 valence electrons. The first kappa shape index (κ1) is 73.5. The molecule has 0 amide bonds. The SMILES string of the molecule is CCCCCCC/C=C\C/C=C\C/C=C\CCCCCCCCCCCCCCC(=O)OC(COC(=O)CCCCCCCCCCCCCCCCCCCCCCCCCC)COC(OCC[N+](C)(C)C)C(=O)[O-]. The van der Waals surface area contributed by atoms with Gasteiger partial charge in [0, 0.05) is 12.8 Å². The number of carboxylic acids is 1. The Balaban J connectivity index is 4.15. The van der Waals surface area contributed by atoms with Crippen molar-refractivity contribution < 1.29 is 42.9 Å². The van der Waals surface area contributed by atoms with Gasteiger partial charge in [-0.3, -0.25) is 9.59 Å². The van der Waals surface area contributed by atoms with Gasteiger partial charge in [0.25, 0.3) is 0 Å². The molecule has 0 heterocycles. The zero-order valence-electron chi connectivity index (χ0n) is 50.9. The number of nitrogens with zero attached hydrogens (tertiary/aromatic N) is 1.